The number of nitrogens with zero attached hydrogens (tertiary/aromatic N) is 2. The number of hydrogen-bond acceptors (Lipinski definition) is 3. The molecular weight excluding hydrogens is 307 g/mol. The molecule has 1 spiro atoms. The monoisotopic (exact) mass is 332 g/mol. The molecule has 2 aliphatic heterocycles. The molecule has 130 valence electrons. The molecule has 5 heteroatoms. The molecular formula is C19H25FN2O2. The summed E-state index contributed by atoms with van der Waals surface area (Å²) in [7, 11) is 0. The second-order valence-electron chi connectivity index (χ2n) is 7.95. The van der Waals surface area contributed by atoms with E-state index in [1.165, 1.54) is 18.9 Å². The molecule has 0 aromatic heterocycles. The van der Waals surface area contributed by atoms with Crippen LogP contribution in [-0.4, -0.2) is 59.1 Å². The number of likely N-dealkylation sites (tertiary alicyclic amines) is 2. The minimum Gasteiger partial charge on any atom is -0.396 e. The molecule has 1 N–H and O–H groups in total. The second-order valence-corrected chi connectivity index (χ2v) is 7.95. The molecule has 0 bridgehead atoms. The number of aliphatic hydroxyl groups excluding tert-OH is 1. The highest BCUT2D eigenvalue weighted by atomic mass is 19.1. The number of carbonyl (C=O) groups is 1. The van der Waals surface area contributed by atoms with Crippen LogP contribution in [0.15, 0.2) is 18.2 Å². The summed E-state index contributed by atoms with van der Waals surface area (Å²) < 4.78 is 13.7. The number of rotatable bonds is 4. The van der Waals surface area contributed by atoms with Crippen LogP contribution in [0.2, 0.25) is 0 Å². The molecule has 1 aliphatic carbocycles. The van der Waals surface area contributed by atoms with Gasteiger partial charge in [-0.1, -0.05) is 6.07 Å². The van der Waals surface area contributed by atoms with Gasteiger partial charge in [0.1, 0.15) is 5.82 Å². The van der Waals surface area contributed by atoms with Crippen LogP contribution in [0.5, 0.6) is 0 Å². The maximum absolute atomic E-state index is 13.7. The van der Waals surface area contributed by atoms with Crippen molar-refractivity contribution in [2.24, 2.45) is 11.8 Å². The van der Waals surface area contributed by atoms with Crippen molar-refractivity contribution in [2.75, 3.05) is 32.8 Å². The van der Waals surface area contributed by atoms with Gasteiger partial charge in [0.25, 0.3) is 5.91 Å². The lowest BCUT2D eigenvalue weighted by Gasteiger charge is -2.53. The third-order valence-electron chi connectivity index (χ3n) is 5.93. The van der Waals surface area contributed by atoms with Gasteiger partial charge < -0.3 is 10.0 Å². The summed E-state index contributed by atoms with van der Waals surface area (Å²) in [4.78, 5) is 16.9. The fourth-order valence-electron chi connectivity index (χ4n) is 4.28. The summed E-state index contributed by atoms with van der Waals surface area (Å²) >= 11 is 0. The standard InChI is InChI=1S/C19H25FN2O2/c1-13-2-5-16(6-17(13)20)18(24)21-11-19(12-21)7-15(10-23)9-22(19)8-14-3-4-14/h2,5-6,14-15,23H,3-4,7-12H2,1H3. The fourth-order valence-corrected chi connectivity index (χ4v) is 4.28. The van der Waals surface area contributed by atoms with Gasteiger partial charge in [-0.3, -0.25) is 9.69 Å². The van der Waals surface area contributed by atoms with Crippen LogP contribution in [0.1, 0.15) is 35.2 Å². The van der Waals surface area contributed by atoms with Gasteiger partial charge in [0.15, 0.2) is 0 Å². The van der Waals surface area contributed by atoms with Crippen molar-refractivity contribution >= 4 is 5.91 Å². The predicted octanol–water partition coefficient (Wildman–Crippen LogP) is 2.05. The van der Waals surface area contributed by atoms with E-state index in [4.69, 9.17) is 0 Å². The summed E-state index contributed by atoms with van der Waals surface area (Å²) in [6, 6.07) is 4.71. The first-order chi connectivity index (χ1) is 11.5. The van der Waals surface area contributed by atoms with E-state index in [0.29, 0.717) is 30.1 Å². The average molecular weight is 332 g/mol. The van der Waals surface area contributed by atoms with E-state index in [0.717, 1.165) is 25.4 Å². The highest BCUT2D eigenvalue weighted by Gasteiger charge is 2.55. The van der Waals surface area contributed by atoms with Crippen molar-refractivity contribution < 1.29 is 14.3 Å². The molecule has 1 aromatic carbocycles. The minimum atomic E-state index is -0.326. The topological polar surface area (TPSA) is 43.8 Å². The van der Waals surface area contributed by atoms with Gasteiger partial charge in [-0.15, -0.1) is 0 Å². The first kappa shape index (κ1) is 16.0. The molecule has 1 unspecified atom stereocenters. The van der Waals surface area contributed by atoms with Crippen LogP contribution in [0.4, 0.5) is 4.39 Å². The number of hydrogen-bond donors (Lipinski definition) is 1. The molecule has 24 heavy (non-hydrogen) atoms. The number of aryl methyl sites for hydroxylation is 1. The molecule has 1 aromatic rings. The number of benzene rings is 1. The molecule has 1 atom stereocenters. The van der Waals surface area contributed by atoms with Crippen molar-refractivity contribution in [3.05, 3.63) is 35.1 Å². The van der Waals surface area contributed by atoms with Crippen molar-refractivity contribution in [1.29, 1.82) is 0 Å². The number of amides is 1. The maximum atomic E-state index is 13.7. The second kappa shape index (κ2) is 5.81. The highest BCUT2D eigenvalue weighted by molar-refractivity contribution is 5.95. The molecule has 1 amide bonds. The van der Waals surface area contributed by atoms with E-state index in [1.807, 2.05) is 4.90 Å². The Balaban J connectivity index is 1.45. The largest absolute Gasteiger partial charge is 0.396 e. The van der Waals surface area contributed by atoms with Crippen LogP contribution in [0, 0.1) is 24.6 Å². The Morgan fingerprint density at radius 1 is 1.33 bits per heavy atom. The van der Waals surface area contributed by atoms with Crippen LogP contribution in [0.25, 0.3) is 0 Å². The van der Waals surface area contributed by atoms with E-state index >= 15 is 0 Å². The Morgan fingerprint density at radius 2 is 2.08 bits per heavy atom. The Hall–Kier alpha value is -1.46. The van der Waals surface area contributed by atoms with Crippen molar-refractivity contribution in [3.8, 4) is 0 Å². The quantitative estimate of drug-likeness (QED) is 0.918. The van der Waals surface area contributed by atoms with E-state index in [9.17, 15) is 14.3 Å². The SMILES string of the molecule is Cc1ccc(C(=O)N2CC3(CC(CO)CN3CC3CC3)C2)cc1F. The fraction of sp³-hybridized carbons (Fsp3) is 0.632. The number of halogens is 1. The molecule has 3 fully saturated rings. The summed E-state index contributed by atoms with van der Waals surface area (Å²) in [5.74, 6) is 0.707. The Morgan fingerprint density at radius 3 is 2.71 bits per heavy atom. The molecule has 4 nitrogen and oxygen atoms in total. The highest BCUT2D eigenvalue weighted by Crippen LogP contribution is 2.43. The van der Waals surface area contributed by atoms with E-state index in [-0.39, 0.29) is 23.9 Å². The number of carbonyl (C=O) groups excluding carboxylic acids is 1. The van der Waals surface area contributed by atoms with Crippen molar-refractivity contribution in [3.63, 3.8) is 0 Å². The van der Waals surface area contributed by atoms with Gasteiger partial charge in [-0.2, -0.15) is 0 Å². The molecule has 2 heterocycles. The van der Waals surface area contributed by atoms with Crippen LogP contribution >= 0.6 is 0 Å². The van der Waals surface area contributed by atoms with Gasteiger partial charge in [-0.25, -0.2) is 4.39 Å². The first-order valence-electron chi connectivity index (χ1n) is 8.92. The zero-order valence-corrected chi connectivity index (χ0v) is 14.2. The third-order valence-corrected chi connectivity index (χ3v) is 5.93. The Bertz CT molecular complexity index is 653. The first-order valence-corrected chi connectivity index (χ1v) is 8.92. The third kappa shape index (κ3) is 2.74. The summed E-state index contributed by atoms with van der Waals surface area (Å²) in [5.41, 5.74) is 1.02. The van der Waals surface area contributed by atoms with E-state index in [2.05, 4.69) is 4.90 Å². The Labute approximate surface area is 142 Å². The number of aliphatic hydroxyl groups is 1. The zero-order chi connectivity index (χ0) is 16.9. The summed E-state index contributed by atoms with van der Waals surface area (Å²) in [5, 5.41) is 9.55. The van der Waals surface area contributed by atoms with E-state index in [1.54, 1.807) is 19.1 Å². The maximum Gasteiger partial charge on any atom is 0.254 e. The minimum absolute atomic E-state index is 0.0366. The molecule has 4 rings (SSSR count). The van der Waals surface area contributed by atoms with Gasteiger partial charge in [0.2, 0.25) is 0 Å². The lowest BCUT2D eigenvalue weighted by Crippen LogP contribution is -2.69. The van der Waals surface area contributed by atoms with Gasteiger partial charge in [0, 0.05) is 38.3 Å². The Kier molecular flexibility index (Phi) is 3.88. The summed E-state index contributed by atoms with van der Waals surface area (Å²) in [6.07, 6.45) is 3.57. The molecule has 2 saturated heterocycles. The summed E-state index contributed by atoms with van der Waals surface area (Å²) in [6.45, 7) is 5.35. The van der Waals surface area contributed by atoms with E-state index < -0.39 is 0 Å². The van der Waals surface area contributed by atoms with Gasteiger partial charge in [0.05, 0.1) is 5.54 Å². The van der Waals surface area contributed by atoms with Gasteiger partial charge >= 0.3 is 0 Å². The van der Waals surface area contributed by atoms with Crippen LogP contribution < -0.4 is 0 Å². The van der Waals surface area contributed by atoms with Crippen molar-refractivity contribution in [2.45, 2.75) is 31.7 Å². The smallest absolute Gasteiger partial charge is 0.254 e. The lowest BCUT2D eigenvalue weighted by molar-refractivity contribution is -0.0200. The van der Waals surface area contributed by atoms with Gasteiger partial charge in [-0.05, 0) is 55.7 Å². The normalized spacial score (nSPS) is 26.0. The van der Waals surface area contributed by atoms with Crippen LogP contribution in [0.3, 0.4) is 0 Å². The van der Waals surface area contributed by atoms with Crippen LogP contribution in [-0.2, 0) is 0 Å². The molecule has 3 aliphatic rings. The molecule has 0 radical (unpaired) electrons. The molecule has 1 saturated carbocycles. The lowest BCUT2D eigenvalue weighted by atomic mass is 9.84. The average Bonchev–Trinajstić information content (AvgIpc) is 3.26. The van der Waals surface area contributed by atoms with Crippen molar-refractivity contribution in [1.82, 2.24) is 9.80 Å². The zero-order valence-electron chi connectivity index (χ0n) is 14.2. The predicted molar refractivity (Wildman–Crippen MR) is 89.3 cm³/mol.